The van der Waals surface area contributed by atoms with Crippen LogP contribution in [0.15, 0.2) is 24.3 Å². The maximum Gasteiger partial charge on any atom is 0.242 e. The predicted molar refractivity (Wildman–Crippen MR) is 80.2 cm³/mol. The number of aliphatic hydroxyl groups is 1. The highest BCUT2D eigenvalue weighted by atomic mass is 32.2. The molecule has 0 bridgehead atoms. The Hall–Kier alpha value is -1.44. The van der Waals surface area contributed by atoms with Gasteiger partial charge >= 0.3 is 0 Å². The molecule has 1 fully saturated rings. The Morgan fingerprint density at radius 2 is 2.10 bits per heavy atom. The second kappa shape index (κ2) is 6.55. The molecule has 6 nitrogen and oxygen atoms in total. The van der Waals surface area contributed by atoms with Gasteiger partial charge in [-0.15, -0.1) is 0 Å². The fourth-order valence-corrected chi connectivity index (χ4v) is 3.68. The molecule has 0 spiro atoms. The van der Waals surface area contributed by atoms with Crippen molar-refractivity contribution in [2.45, 2.75) is 31.9 Å². The van der Waals surface area contributed by atoms with E-state index in [-0.39, 0.29) is 12.5 Å². The fourth-order valence-electron chi connectivity index (χ4n) is 2.56. The van der Waals surface area contributed by atoms with Crippen molar-refractivity contribution < 1.29 is 18.3 Å². The lowest BCUT2D eigenvalue weighted by Gasteiger charge is -2.32. The molecule has 21 heavy (non-hydrogen) atoms. The molecule has 0 aliphatic carbocycles. The van der Waals surface area contributed by atoms with Gasteiger partial charge in [-0.3, -0.25) is 4.79 Å². The van der Waals surface area contributed by atoms with Crippen LogP contribution in [-0.2, 0) is 21.4 Å². The molecule has 7 heteroatoms. The second-order valence-electron chi connectivity index (χ2n) is 5.19. The Morgan fingerprint density at radius 1 is 1.38 bits per heavy atom. The van der Waals surface area contributed by atoms with Gasteiger partial charge in [0.05, 0.1) is 12.9 Å². The fraction of sp³-hybridized carbons (Fsp3) is 0.500. The SMILES string of the molecule is CS(=O)(=O)N1CCCCC1C(=O)Nc1ccccc1CO. The number of carbonyl (C=O) groups is 1. The molecule has 1 heterocycles. The number of aliphatic hydroxyl groups excluding tert-OH is 1. The highest BCUT2D eigenvalue weighted by molar-refractivity contribution is 7.88. The number of piperidine rings is 1. The van der Waals surface area contributed by atoms with Crippen molar-refractivity contribution in [2.24, 2.45) is 0 Å². The van der Waals surface area contributed by atoms with Crippen molar-refractivity contribution >= 4 is 21.6 Å². The smallest absolute Gasteiger partial charge is 0.242 e. The zero-order valence-corrected chi connectivity index (χ0v) is 12.8. The van der Waals surface area contributed by atoms with Gasteiger partial charge in [0.15, 0.2) is 0 Å². The van der Waals surface area contributed by atoms with E-state index in [1.807, 2.05) is 0 Å². The predicted octanol–water partition coefficient (Wildman–Crippen LogP) is 0.931. The normalized spacial score (nSPS) is 20.2. The summed E-state index contributed by atoms with van der Waals surface area (Å²) in [6.07, 6.45) is 3.23. The van der Waals surface area contributed by atoms with Gasteiger partial charge < -0.3 is 10.4 Å². The van der Waals surface area contributed by atoms with Crippen LogP contribution in [0.1, 0.15) is 24.8 Å². The molecule has 2 N–H and O–H groups in total. The Bertz CT molecular complexity index is 615. The lowest BCUT2D eigenvalue weighted by atomic mass is 10.0. The minimum absolute atomic E-state index is 0.184. The van der Waals surface area contributed by atoms with Crippen molar-refractivity contribution in [1.29, 1.82) is 0 Å². The minimum Gasteiger partial charge on any atom is -0.392 e. The van der Waals surface area contributed by atoms with E-state index in [0.717, 1.165) is 19.1 Å². The Morgan fingerprint density at radius 3 is 2.76 bits per heavy atom. The summed E-state index contributed by atoms with van der Waals surface area (Å²) in [4.78, 5) is 12.4. The van der Waals surface area contributed by atoms with Gasteiger partial charge in [-0.2, -0.15) is 4.31 Å². The number of carbonyl (C=O) groups excluding carboxylic acids is 1. The van der Waals surface area contributed by atoms with Gasteiger partial charge in [-0.05, 0) is 18.9 Å². The molecular weight excluding hydrogens is 292 g/mol. The van der Waals surface area contributed by atoms with E-state index in [4.69, 9.17) is 0 Å². The number of hydrogen-bond acceptors (Lipinski definition) is 4. The molecule has 1 aliphatic rings. The number of hydrogen-bond donors (Lipinski definition) is 2. The van der Waals surface area contributed by atoms with E-state index in [0.29, 0.717) is 24.2 Å². The summed E-state index contributed by atoms with van der Waals surface area (Å²) in [5.41, 5.74) is 1.12. The number of amides is 1. The van der Waals surface area contributed by atoms with Crippen LogP contribution in [0.5, 0.6) is 0 Å². The summed E-state index contributed by atoms with van der Waals surface area (Å²) in [5, 5.41) is 12.0. The van der Waals surface area contributed by atoms with Crippen LogP contribution in [0.3, 0.4) is 0 Å². The first kappa shape index (κ1) is 15.9. The van der Waals surface area contributed by atoms with Crippen LogP contribution in [0, 0.1) is 0 Å². The molecule has 1 saturated heterocycles. The molecule has 1 amide bonds. The zero-order chi connectivity index (χ0) is 15.5. The number of sulfonamides is 1. The van der Waals surface area contributed by atoms with Crippen molar-refractivity contribution in [3.63, 3.8) is 0 Å². The number of rotatable bonds is 4. The van der Waals surface area contributed by atoms with Gasteiger partial charge in [0.2, 0.25) is 15.9 Å². The van der Waals surface area contributed by atoms with E-state index in [1.54, 1.807) is 24.3 Å². The molecule has 1 aromatic carbocycles. The number of nitrogens with zero attached hydrogens (tertiary/aromatic N) is 1. The average Bonchev–Trinajstić information content (AvgIpc) is 2.47. The van der Waals surface area contributed by atoms with Gasteiger partial charge in [0, 0.05) is 17.8 Å². The summed E-state index contributed by atoms with van der Waals surface area (Å²) >= 11 is 0. The molecule has 1 unspecified atom stereocenters. The third kappa shape index (κ3) is 3.81. The molecule has 0 aromatic heterocycles. The molecule has 0 saturated carbocycles. The molecule has 2 rings (SSSR count). The van der Waals surface area contributed by atoms with E-state index >= 15 is 0 Å². The lowest BCUT2D eigenvalue weighted by Crippen LogP contribution is -2.49. The summed E-state index contributed by atoms with van der Waals surface area (Å²) in [6, 6.07) is 6.25. The lowest BCUT2D eigenvalue weighted by molar-refractivity contribution is -0.120. The van der Waals surface area contributed by atoms with E-state index < -0.39 is 16.1 Å². The van der Waals surface area contributed by atoms with Crippen LogP contribution >= 0.6 is 0 Å². The van der Waals surface area contributed by atoms with Crippen molar-refractivity contribution in [3.05, 3.63) is 29.8 Å². The van der Waals surface area contributed by atoms with Gasteiger partial charge in [-0.1, -0.05) is 24.6 Å². The highest BCUT2D eigenvalue weighted by Crippen LogP contribution is 2.22. The first-order chi connectivity index (χ1) is 9.93. The van der Waals surface area contributed by atoms with Gasteiger partial charge in [-0.25, -0.2) is 8.42 Å². The summed E-state index contributed by atoms with van der Waals surface area (Å²) in [7, 11) is -3.40. The van der Waals surface area contributed by atoms with Crippen molar-refractivity contribution in [2.75, 3.05) is 18.1 Å². The van der Waals surface area contributed by atoms with Gasteiger partial charge in [0.1, 0.15) is 6.04 Å². The molecule has 1 aliphatic heterocycles. The summed E-state index contributed by atoms with van der Waals surface area (Å²) in [6.45, 7) is 0.190. The van der Waals surface area contributed by atoms with E-state index in [1.165, 1.54) is 4.31 Å². The van der Waals surface area contributed by atoms with Crippen molar-refractivity contribution in [3.8, 4) is 0 Å². The Kier molecular flexibility index (Phi) is 4.97. The van der Waals surface area contributed by atoms with Crippen LogP contribution in [0.4, 0.5) is 5.69 Å². The average molecular weight is 312 g/mol. The highest BCUT2D eigenvalue weighted by Gasteiger charge is 2.34. The summed E-state index contributed by atoms with van der Waals surface area (Å²) in [5.74, 6) is -0.346. The number of nitrogens with one attached hydrogen (secondary N) is 1. The van der Waals surface area contributed by atoms with Gasteiger partial charge in [0.25, 0.3) is 0 Å². The van der Waals surface area contributed by atoms with Crippen LogP contribution < -0.4 is 5.32 Å². The number of anilines is 1. The standard InChI is InChI=1S/C14H20N2O4S/c1-21(19,20)16-9-5-4-8-13(16)14(18)15-12-7-3-2-6-11(12)10-17/h2-3,6-7,13,17H,4-5,8-10H2,1H3,(H,15,18). The molecule has 1 aromatic rings. The Labute approximate surface area is 124 Å². The first-order valence-corrected chi connectivity index (χ1v) is 8.75. The van der Waals surface area contributed by atoms with Crippen molar-refractivity contribution in [1.82, 2.24) is 4.31 Å². The second-order valence-corrected chi connectivity index (χ2v) is 7.12. The first-order valence-electron chi connectivity index (χ1n) is 6.90. The Balaban J connectivity index is 2.18. The minimum atomic E-state index is -3.40. The summed E-state index contributed by atoms with van der Waals surface area (Å²) < 4.78 is 24.8. The largest absolute Gasteiger partial charge is 0.392 e. The quantitative estimate of drug-likeness (QED) is 0.866. The van der Waals surface area contributed by atoms with E-state index in [9.17, 15) is 18.3 Å². The number of benzene rings is 1. The third-order valence-corrected chi connectivity index (χ3v) is 4.92. The molecule has 1 atom stereocenters. The van der Waals surface area contributed by atoms with E-state index in [2.05, 4.69) is 5.32 Å². The maximum absolute atomic E-state index is 12.4. The molecule has 0 radical (unpaired) electrons. The maximum atomic E-state index is 12.4. The number of para-hydroxylation sites is 1. The van der Waals surface area contributed by atoms with Crippen LogP contribution in [-0.4, -0.2) is 42.6 Å². The molecular formula is C14H20N2O4S. The topological polar surface area (TPSA) is 86.7 Å². The molecule has 116 valence electrons. The van der Waals surface area contributed by atoms with Crippen LogP contribution in [0.2, 0.25) is 0 Å². The monoisotopic (exact) mass is 312 g/mol. The zero-order valence-electron chi connectivity index (χ0n) is 11.9. The van der Waals surface area contributed by atoms with Crippen LogP contribution in [0.25, 0.3) is 0 Å². The third-order valence-electron chi connectivity index (χ3n) is 3.63.